The van der Waals surface area contributed by atoms with Crippen LogP contribution >= 0.6 is 0 Å². The van der Waals surface area contributed by atoms with E-state index in [2.05, 4.69) is 73.7 Å². The van der Waals surface area contributed by atoms with E-state index in [0.717, 1.165) is 23.4 Å². The molecule has 1 aliphatic heterocycles. The molecule has 0 radical (unpaired) electrons. The van der Waals surface area contributed by atoms with Crippen LogP contribution in [0.1, 0.15) is 18.1 Å². The van der Waals surface area contributed by atoms with Gasteiger partial charge in [0.1, 0.15) is 5.75 Å². The first-order chi connectivity index (χ1) is 13.2. The minimum absolute atomic E-state index is 0.0636. The van der Waals surface area contributed by atoms with E-state index < -0.39 is 0 Å². The van der Waals surface area contributed by atoms with Gasteiger partial charge in [-0.2, -0.15) is 0 Å². The van der Waals surface area contributed by atoms with Gasteiger partial charge < -0.3 is 4.74 Å². The Morgan fingerprint density at radius 3 is 2.52 bits per heavy atom. The highest BCUT2D eigenvalue weighted by molar-refractivity contribution is 5.90. The Morgan fingerprint density at radius 2 is 1.63 bits per heavy atom. The number of rotatable bonds is 3. The molecule has 4 aromatic rings. The number of aromatic nitrogens is 1. The predicted molar refractivity (Wildman–Crippen MR) is 110 cm³/mol. The third-order valence-corrected chi connectivity index (χ3v) is 5.60. The maximum Gasteiger partial charge on any atom is 0.123 e. The van der Waals surface area contributed by atoms with Crippen LogP contribution in [0, 0.1) is 0 Å². The lowest BCUT2D eigenvalue weighted by molar-refractivity contribution is 0.277. The Bertz CT molecular complexity index is 1120. The van der Waals surface area contributed by atoms with Crippen molar-refractivity contribution in [2.24, 2.45) is 0 Å². The molecule has 0 saturated carbocycles. The van der Waals surface area contributed by atoms with Crippen molar-refractivity contribution in [2.45, 2.75) is 18.8 Å². The van der Waals surface area contributed by atoms with Gasteiger partial charge in [0.2, 0.25) is 0 Å². The van der Waals surface area contributed by atoms with E-state index >= 15 is 0 Å². The summed E-state index contributed by atoms with van der Waals surface area (Å²) >= 11 is 0. The van der Waals surface area contributed by atoms with Crippen LogP contribution in [-0.2, 0) is 11.8 Å². The first-order valence-corrected chi connectivity index (χ1v) is 9.39. The number of pyridine rings is 1. The molecule has 0 saturated heterocycles. The van der Waals surface area contributed by atoms with Crippen LogP contribution in [-0.4, -0.2) is 11.6 Å². The van der Waals surface area contributed by atoms with Gasteiger partial charge in [-0.1, -0.05) is 79.7 Å². The van der Waals surface area contributed by atoms with E-state index in [1.807, 2.05) is 18.3 Å². The molecule has 3 aromatic carbocycles. The minimum atomic E-state index is -0.0636. The summed E-state index contributed by atoms with van der Waals surface area (Å²) in [6.45, 7) is 3.00. The zero-order valence-electron chi connectivity index (χ0n) is 15.4. The predicted octanol–water partition coefficient (Wildman–Crippen LogP) is 5.79. The summed E-state index contributed by atoms with van der Waals surface area (Å²) in [6, 6.07) is 27.4. The maximum atomic E-state index is 6.02. The second-order valence-corrected chi connectivity index (χ2v) is 7.56. The van der Waals surface area contributed by atoms with Gasteiger partial charge in [0, 0.05) is 28.1 Å². The number of ether oxygens (including phenoxy) is 1. The lowest BCUT2D eigenvalue weighted by atomic mass is 9.77. The Balaban J connectivity index is 1.70. The standard InChI is InChI=1S/C25H21NO/c1-25(17-27-23-14-8-7-13-22(23)25)15-21-20-12-6-5-11-19(20)16-26-24(21)18-9-3-2-4-10-18/h2-14,16H,15,17H2,1H3/t25-/m0/s1. The fourth-order valence-electron chi connectivity index (χ4n) is 4.19. The van der Waals surface area contributed by atoms with Gasteiger partial charge in [-0.05, 0) is 23.4 Å². The first kappa shape index (κ1) is 16.1. The number of fused-ring (bicyclic) bond motifs is 2. The number of hydrogen-bond acceptors (Lipinski definition) is 2. The molecule has 0 fully saturated rings. The summed E-state index contributed by atoms with van der Waals surface area (Å²) in [7, 11) is 0. The molecule has 1 aromatic heterocycles. The summed E-state index contributed by atoms with van der Waals surface area (Å²) in [5.74, 6) is 1.01. The number of para-hydroxylation sites is 1. The Labute approximate surface area is 159 Å². The molecular formula is C25H21NO. The molecule has 0 aliphatic carbocycles. The highest BCUT2D eigenvalue weighted by Gasteiger charge is 2.37. The van der Waals surface area contributed by atoms with Crippen LogP contribution < -0.4 is 4.74 Å². The van der Waals surface area contributed by atoms with Gasteiger partial charge in [-0.3, -0.25) is 4.98 Å². The molecule has 0 unspecified atom stereocenters. The lowest BCUT2D eigenvalue weighted by Crippen LogP contribution is -2.27. The van der Waals surface area contributed by atoms with E-state index in [-0.39, 0.29) is 5.41 Å². The van der Waals surface area contributed by atoms with E-state index in [0.29, 0.717) is 6.61 Å². The summed E-state index contributed by atoms with van der Waals surface area (Å²) in [5, 5.41) is 2.46. The average molecular weight is 351 g/mol. The Hall–Kier alpha value is -3.13. The van der Waals surface area contributed by atoms with Crippen LogP contribution in [0.5, 0.6) is 5.75 Å². The lowest BCUT2D eigenvalue weighted by Gasteiger charge is -2.25. The van der Waals surface area contributed by atoms with E-state index in [9.17, 15) is 0 Å². The fourth-order valence-corrected chi connectivity index (χ4v) is 4.19. The summed E-state index contributed by atoms with van der Waals surface area (Å²) < 4.78 is 6.02. The normalized spacial score (nSPS) is 18.3. The van der Waals surface area contributed by atoms with Crippen molar-refractivity contribution >= 4 is 10.8 Å². The van der Waals surface area contributed by atoms with E-state index in [4.69, 9.17) is 9.72 Å². The monoisotopic (exact) mass is 351 g/mol. The molecule has 0 N–H and O–H groups in total. The SMILES string of the molecule is C[C@]1(Cc2c(-c3ccccc3)ncc3ccccc23)COc2ccccc21. The van der Waals surface area contributed by atoms with Gasteiger partial charge in [0.15, 0.2) is 0 Å². The van der Waals surface area contributed by atoms with Gasteiger partial charge in [-0.15, -0.1) is 0 Å². The molecule has 27 heavy (non-hydrogen) atoms. The Morgan fingerprint density at radius 1 is 0.889 bits per heavy atom. The molecule has 5 rings (SSSR count). The Kier molecular flexibility index (Phi) is 3.71. The highest BCUT2D eigenvalue weighted by Crippen LogP contribution is 2.43. The third kappa shape index (κ3) is 2.69. The van der Waals surface area contributed by atoms with Crippen molar-refractivity contribution in [3.8, 4) is 17.0 Å². The molecule has 1 atom stereocenters. The summed E-state index contributed by atoms with van der Waals surface area (Å²) in [4.78, 5) is 4.87. The zero-order valence-corrected chi connectivity index (χ0v) is 15.4. The molecule has 132 valence electrons. The zero-order chi connectivity index (χ0) is 18.3. The van der Waals surface area contributed by atoms with Crippen molar-refractivity contribution in [3.05, 3.63) is 96.2 Å². The van der Waals surface area contributed by atoms with Crippen molar-refractivity contribution in [1.82, 2.24) is 4.98 Å². The molecule has 1 aliphatic rings. The second-order valence-electron chi connectivity index (χ2n) is 7.56. The van der Waals surface area contributed by atoms with Crippen LogP contribution in [0.15, 0.2) is 85.1 Å². The van der Waals surface area contributed by atoms with Crippen molar-refractivity contribution in [3.63, 3.8) is 0 Å². The molecule has 0 spiro atoms. The van der Waals surface area contributed by atoms with E-state index in [1.54, 1.807) is 0 Å². The molecular weight excluding hydrogens is 330 g/mol. The van der Waals surface area contributed by atoms with Crippen molar-refractivity contribution in [2.75, 3.05) is 6.61 Å². The molecule has 2 heteroatoms. The quantitative estimate of drug-likeness (QED) is 0.466. The smallest absolute Gasteiger partial charge is 0.123 e. The first-order valence-electron chi connectivity index (χ1n) is 9.39. The van der Waals surface area contributed by atoms with Crippen molar-refractivity contribution < 1.29 is 4.74 Å². The van der Waals surface area contributed by atoms with Gasteiger partial charge in [-0.25, -0.2) is 0 Å². The average Bonchev–Trinajstić information content (AvgIpc) is 3.06. The van der Waals surface area contributed by atoms with Gasteiger partial charge >= 0.3 is 0 Å². The molecule has 2 heterocycles. The minimum Gasteiger partial charge on any atom is -0.492 e. The van der Waals surface area contributed by atoms with Crippen LogP contribution in [0.3, 0.4) is 0 Å². The van der Waals surface area contributed by atoms with E-state index in [1.165, 1.54) is 21.9 Å². The van der Waals surface area contributed by atoms with Crippen LogP contribution in [0.25, 0.3) is 22.0 Å². The maximum absolute atomic E-state index is 6.02. The third-order valence-electron chi connectivity index (χ3n) is 5.60. The highest BCUT2D eigenvalue weighted by atomic mass is 16.5. The molecule has 0 amide bonds. The molecule has 2 nitrogen and oxygen atoms in total. The number of hydrogen-bond donors (Lipinski definition) is 0. The second kappa shape index (κ2) is 6.24. The van der Waals surface area contributed by atoms with Gasteiger partial charge in [0.05, 0.1) is 12.3 Å². The largest absolute Gasteiger partial charge is 0.492 e. The van der Waals surface area contributed by atoms with Gasteiger partial charge in [0.25, 0.3) is 0 Å². The fraction of sp³-hybridized carbons (Fsp3) is 0.160. The summed E-state index contributed by atoms with van der Waals surface area (Å²) in [5.41, 5.74) is 4.75. The molecule has 0 bridgehead atoms. The van der Waals surface area contributed by atoms with Crippen molar-refractivity contribution in [1.29, 1.82) is 0 Å². The number of nitrogens with zero attached hydrogens (tertiary/aromatic N) is 1. The topological polar surface area (TPSA) is 22.1 Å². The van der Waals surface area contributed by atoms with Crippen LogP contribution in [0.2, 0.25) is 0 Å². The number of benzene rings is 3. The van der Waals surface area contributed by atoms with Crippen LogP contribution in [0.4, 0.5) is 0 Å². The summed E-state index contributed by atoms with van der Waals surface area (Å²) in [6.07, 6.45) is 2.88.